The maximum absolute atomic E-state index is 13.1. The Bertz CT molecular complexity index is 1000. The third kappa shape index (κ3) is 8.24. The van der Waals surface area contributed by atoms with Crippen LogP contribution in [0.2, 0.25) is 0 Å². The summed E-state index contributed by atoms with van der Waals surface area (Å²) in [4.78, 5) is 22.5. The van der Waals surface area contributed by atoms with Crippen molar-refractivity contribution in [2.45, 2.75) is 44.9 Å². The second kappa shape index (κ2) is 14.3. The van der Waals surface area contributed by atoms with E-state index in [1.165, 1.54) is 0 Å². The van der Waals surface area contributed by atoms with Gasteiger partial charge in [-0.25, -0.2) is 0 Å². The van der Waals surface area contributed by atoms with Crippen molar-refractivity contribution in [3.05, 3.63) is 66.2 Å². The lowest BCUT2D eigenvalue weighted by atomic mass is 10.1. The van der Waals surface area contributed by atoms with Crippen LogP contribution in [0.1, 0.15) is 45.6 Å². The molecule has 1 aliphatic rings. The van der Waals surface area contributed by atoms with Crippen LogP contribution >= 0.6 is 12.6 Å². The summed E-state index contributed by atoms with van der Waals surface area (Å²) < 4.78 is 5.76. The number of nitrogens with two attached hydrogens (primary N) is 2. The Hall–Kier alpha value is -3.13. The fourth-order valence-electron chi connectivity index (χ4n) is 3.74. The topological polar surface area (TPSA) is 97.2 Å². The highest BCUT2D eigenvalue weighted by Gasteiger charge is 2.24. The molecular weight excluding hydrogens is 458 g/mol. The van der Waals surface area contributed by atoms with Crippen molar-refractivity contribution in [1.29, 1.82) is 0 Å². The smallest absolute Gasteiger partial charge is 0.269 e. The molecule has 7 nitrogen and oxygen atoms in total. The van der Waals surface area contributed by atoms with Crippen LogP contribution in [0.25, 0.3) is 5.70 Å². The molecule has 0 radical (unpaired) electrons. The molecule has 1 saturated heterocycles. The molecule has 0 unspecified atom stereocenters. The molecule has 1 heterocycles. The van der Waals surface area contributed by atoms with Gasteiger partial charge in [-0.1, -0.05) is 39.0 Å². The number of aliphatic imine (C=N–C) groups is 1. The Morgan fingerprint density at radius 1 is 1.20 bits per heavy atom. The van der Waals surface area contributed by atoms with E-state index < -0.39 is 0 Å². The summed E-state index contributed by atoms with van der Waals surface area (Å²) in [5, 5.41) is 0. The molecule has 8 heteroatoms. The summed E-state index contributed by atoms with van der Waals surface area (Å²) in [6.07, 6.45) is 9.71. The van der Waals surface area contributed by atoms with Gasteiger partial charge in [0, 0.05) is 48.0 Å². The zero-order valence-electron chi connectivity index (χ0n) is 21.2. The fraction of sp³-hybridized carbons (Fsp3) is 0.407. The van der Waals surface area contributed by atoms with Crippen LogP contribution in [0.5, 0.6) is 0 Å². The monoisotopic (exact) mass is 497 g/mol. The van der Waals surface area contributed by atoms with E-state index in [0.717, 1.165) is 30.0 Å². The summed E-state index contributed by atoms with van der Waals surface area (Å²) in [6, 6.07) is 5.55. The summed E-state index contributed by atoms with van der Waals surface area (Å²) in [6.45, 7) is 13.1. The van der Waals surface area contributed by atoms with E-state index in [9.17, 15) is 4.79 Å². The molecule has 0 saturated carbocycles. The maximum atomic E-state index is 13.1. The van der Waals surface area contributed by atoms with Gasteiger partial charge in [-0.2, -0.15) is 0 Å². The van der Waals surface area contributed by atoms with Crippen molar-refractivity contribution in [2.75, 3.05) is 38.5 Å². The highest BCUT2D eigenvalue weighted by molar-refractivity contribution is 7.80. The first-order valence-electron chi connectivity index (χ1n) is 12.2. The molecule has 1 aromatic rings. The fourth-order valence-corrected chi connectivity index (χ4v) is 3.95. The minimum atomic E-state index is -0.176. The quantitative estimate of drug-likeness (QED) is 0.104. The molecule has 4 N–H and O–H groups in total. The molecule has 2 rings (SSSR count). The number of carbonyl (C=O) groups is 1. The average Bonchev–Trinajstić information content (AvgIpc) is 2.85. The van der Waals surface area contributed by atoms with Gasteiger partial charge in [-0.05, 0) is 50.1 Å². The van der Waals surface area contributed by atoms with E-state index in [-0.39, 0.29) is 11.6 Å². The van der Waals surface area contributed by atoms with Crippen molar-refractivity contribution >= 4 is 35.6 Å². The molecule has 0 spiro atoms. The van der Waals surface area contributed by atoms with E-state index in [4.69, 9.17) is 21.2 Å². The SMILES string of the molecule is C=C\C=C(/N=C(\C=C(/N)C(=O)N1CCN(/C(=C\CC)OCC)CC1)CCC)c1ccc(N)c(S)c1. The molecule has 1 fully saturated rings. The molecule has 0 aliphatic carbocycles. The van der Waals surface area contributed by atoms with Crippen LogP contribution in [-0.2, 0) is 9.53 Å². The Balaban J connectivity index is 2.20. The van der Waals surface area contributed by atoms with Crippen LogP contribution in [0, 0.1) is 0 Å². The maximum Gasteiger partial charge on any atom is 0.269 e. The van der Waals surface area contributed by atoms with Crippen LogP contribution in [0.15, 0.2) is 70.6 Å². The van der Waals surface area contributed by atoms with Gasteiger partial charge in [0.15, 0.2) is 5.88 Å². The first kappa shape index (κ1) is 28.1. The van der Waals surface area contributed by atoms with Crippen molar-refractivity contribution in [1.82, 2.24) is 9.80 Å². The number of nitrogen functional groups attached to an aromatic ring is 1. The van der Waals surface area contributed by atoms with Crippen molar-refractivity contribution in [2.24, 2.45) is 10.7 Å². The van der Waals surface area contributed by atoms with E-state index in [1.807, 2.05) is 25.1 Å². The van der Waals surface area contributed by atoms with Crippen LogP contribution in [0.3, 0.4) is 0 Å². The van der Waals surface area contributed by atoms with Gasteiger partial charge in [0.1, 0.15) is 0 Å². The highest BCUT2D eigenvalue weighted by Crippen LogP contribution is 2.24. The predicted octanol–water partition coefficient (Wildman–Crippen LogP) is 4.60. The first-order chi connectivity index (χ1) is 16.8. The lowest BCUT2D eigenvalue weighted by Crippen LogP contribution is -2.49. The van der Waals surface area contributed by atoms with Gasteiger partial charge < -0.3 is 26.0 Å². The van der Waals surface area contributed by atoms with Gasteiger partial charge in [0.25, 0.3) is 5.91 Å². The van der Waals surface area contributed by atoms with Gasteiger partial charge in [0.05, 0.1) is 18.0 Å². The minimum absolute atomic E-state index is 0.176. The molecule has 1 aromatic carbocycles. The molecule has 190 valence electrons. The van der Waals surface area contributed by atoms with Gasteiger partial charge >= 0.3 is 0 Å². The normalized spacial score (nSPS) is 15.9. The molecule has 35 heavy (non-hydrogen) atoms. The number of carbonyl (C=O) groups excluding carboxylic acids is 1. The standard InChI is InChI=1S/C27H39N5O2S/c1-5-9-21(30-24(10-6-2)20-12-13-22(28)25(35)18-20)19-23(29)27(33)32-16-14-31(15-17-32)26(11-7-3)34-8-4/h6,10-13,18-19,35H,2,5,7-9,14-17,28-29H2,1,3-4H3/b23-19-,24-10-,26-11+,30-21-. The van der Waals surface area contributed by atoms with E-state index >= 15 is 0 Å². The van der Waals surface area contributed by atoms with Gasteiger partial charge in [0.2, 0.25) is 0 Å². The number of rotatable bonds is 11. The van der Waals surface area contributed by atoms with Crippen molar-refractivity contribution < 1.29 is 9.53 Å². The van der Waals surface area contributed by atoms with E-state index in [2.05, 4.69) is 44.0 Å². The number of allylic oxidation sites excluding steroid dienone is 4. The number of ether oxygens (including phenoxy) is 1. The van der Waals surface area contributed by atoms with E-state index in [0.29, 0.717) is 55.5 Å². The van der Waals surface area contributed by atoms with Crippen LogP contribution in [-0.4, -0.2) is 54.2 Å². The molecule has 1 amide bonds. The summed E-state index contributed by atoms with van der Waals surface area (Å²) in [5.41, 5.74) is 15.3. The van der Waals surface area contributed by atoms with Gasteiger partial charge in [-0.3, -0.25) is 9.79 Å². The van der Waals surface area contributed by atoms with E-state index in [1.54, 1.807) is 23.1 Å². The number of anilines is 1. The lowest BCUT2D eigenvalue weighted by Gasteiger charge is -2.36. The molecule has 1 aliphatic heterocycles. The summed E-state index contributed by atoms with van der Waals surface area (Å²) >= 11 is 4.42. The van der Waals surface area contributed by atoms with Crippen molar-refractivity contribution in [3.63, 3.8) is 0 Å². The zero-order chi connectivity index (χ0) is 25.8. The number of amides is 1. The lowest BCUT2D eigenvalue weighted by molar-refractivity contribution is -0.129. The Labute approximate surface area is 215 Å². The minimum Gasteiger partial charge on any atom is -0.480 e. The molecule has 0 aromatic heterocycles. The predicted molar refractivity (Wildman–Crippen MR) is 149 cm³/mol. The van der Waals surface area contributed by atoms with Gasteiger partial charge in [-0.15, -0.1) is 12.6 Å². The zero-order valence-corrected chi connectivity index (χ0v) is 22.1. The number of hydrogen-bond acceptors (Lipinski definition) is 7. The molecule has 0 bridgehead atoms. The summed E-state index contributed by atoms with van der Waals surface area (Å²) in [5.74, 6) is 0.710. The largest absolute Gasteiger partial charge is 0.480 e. The number of hydrogen-bond donors (Lipinski definition) is 3. The average molecular weight is 498 g/mol. The first-order valence-corrected chi connectivity index (χ1v) is 12.6. The third-order valence-corrected chi connectivity index (χ3v) is 5.88. The second-order valence-electron chi connectivity index (χ2n) is 8.18. The van der Waals surface area contributed by atoms with Crippen LogP contribution < -0.4 is 11.5 Å². The Morgan fingerprint density at radius 3 is 2.46 bits per heavy atom. The third-order valence-electron chi connectivity index (χ3n) is 5.49. The number of thiol groups is 1. The van der Waals surface area contributed by atoms with Crippen molar-refractivity contribution in [3.8, 4) is 0 Å². The molecular formula is C27H39N5O2S. The number of nitrogens with zero attached hydrogens (tertiary/aromatic N) is 3. The Morgan fingerprint density at radius 2 is 1.89 bits per heavy atom. The summed E-state index contributed by atoms with van der Waals surface area (Å²) in [7, 11) is 0. The number of benzene rings is 1. The van der Waals surface area contributed by atoms with Crippen LogP contribution in [0.4, 0.5) is 5.69 Å². The number of piperazine rings is 1. The molecule has 0 atom stereocenters. The Kier molecular flexibility index (Phi) is 11.5. The highest BCUT2D eigenvalue weighted by atomic mass is 32.1. The second-order valence-corrected chi connectivity index (χ2v) is 8.66.